The fourth-order valence-electron chi connectivity index (χ4n) is 3.30. The van der Waals surface area contributed by atoms with Crippen LogP contribution in [0.25, 0.3) is 0 Å². The summed E-state index contributed by atoms with van der Waals surface area (Å²) in [5, 5.41) is 10.7. The van der Waals surface area contributed by atoms with E-state index in [-0.39, 0.29) is 11.7 Å². The molecule has 3 rings (SSSR count). The number of aromatic nitrogens is 1. The number of aryl methyl sites for hydroxylation is 1. The third-order valence-electron chi connectivity index (χ3n) is 4.90. The number of rotatable bonds is 5. The molecule has 132 valence electrons. The number of amides is 1. The molecule has 1 amide bonds. The van der Waals surface area contributed by atoms with Gasteiger partial charge in [0.1, 0.15) is 5.82 Å². The molecule has 0 spiro atoms. The van der Waals surface area contributed by atoms with Crippen molar-refractivity contribution in [3.05, 3.63) is 65.7 Å². The number of nitrogens with zero attached hydrogens (tertiary/aromatic N) is 2. The van der Waals surface area contributed by atoms with Gasteiger partial charge < -0.3 is 10.0 Å². The van der Waals surface area contributed by atoms with Crippen LogP contribution < -0.4 is 0 Å². The highest BCUT2D eigenvalue weighted by Crippen LogP contribution is 2.27. The van der Waals surface area contributed by atoms with Crippen molar-refractivity contribution in [2.24, 2.45) is 0 Å². The van der Waals surface area contributed by atoms with Crippen molar-refractivity contribution in [1.82, 2.24) is 9.88 Å². The number of hydrogen-bond acceptors (Lipinski definition) is 3. The van der Waals surface area contributed by atoms with Gasteiger partial charge in [0.25, 0.3) is 0 Å². The van der Waals surface area contributed by atoms with Crippen LogP contribution in [0.5, 0.6) is 0 Å². The minimum absolute atomic E-state index is 0.102. The summed E-state index contributed by atoms with van der Waals surface area (Å²) in [6.07, 6.45) is 5.84. The summed E-state index contributed by atoms with van der Waals surface area (Å²) < 4.78 is 13.8. The number of piperidine rings is 1. The highest BCUT2D eigenvalue weighted by molar-refractivity contribution is 5.76. The smallest absolute Gasteiger partial charge is 0.222 e. The zero-order valence-electron chi connectivity index (χ0n) is 14.2. The number of hydrogen-bond donors (Lipinski definition) is 1. The Morgan fingerprint density at radius 1 is 1.16 bits per heavy atom. The first-order valence-corrected chi connectivity index (χ1v) is 8.68. The molecule has 1 saturated heterocycles. The molecule has 2 aromatic rings. The molecule has 0 bridgehead atoms. The van der Waals surface area contributed by atoms with Gasteiger partial charge in [-0.15, -0.1) is 0 Å². The Bertz CT molecular complexity index is 713. The third-order valence-corrected chi connectivity index (χ3v) is 4.90. The molecule has 0 radical (unpaired) electrons. The van der Waals surface area contributed by atoms with Gasteiger partial charge in [-0.2, -0.15) is 0 Å². The predicted octanol–water partition coefficient (Wildman–Crippen LogP) is 2.75. The van der Waals surface area contributed by atoms with Crippen molar-refractivity contribution < 1.29 is 14.3 Å². The molecule has 1 aromatic heterocycles. The fourth-order valence-corrected chi connectivity index (χ4v) is 3.30. The molecular weight excluding hydrogens is 319 g/mol. The lowest BCUT2D eigenvalue weighted by Gasteiger charge is -2.38. The van der Waals surface area contributed by atoms with Crippen LogP contribution >= 0.6 is 0 Å². The Morgan fingerprint density at radius 2 is 1.84 bits per heavy atom. The van der Waals surface area contributed by atoms with Gasteiger partial charge in [0.15, 0.2) is 0 Å². The largest absolute Gasteiger partial charge is 0.389 e. The van der Waals surface area contributed by atoms with Crippen LogP contribution in [0.4, 0.5) is 4.39 Å². The highest BCUT2D eigenvalue weighted by atomic mass is 19.1. The van der Waals surface area contributed by atoms with Crippen LogP contribution in [0, 0.1) is 5.82 Å². The first-order valence-electron chi connectivity index (χ1n) is 8.68. The highest BCUT2D eigenvalue weighted by Gasteiger charge is 2.34. The molecule has 0 atom stereocenters. The second kappa shape index (κ2) is 7.74. The third kappa shape index (κ3) is 4.63. The molecule has 2 heterocycles. The van der Waals surface area contributed by atoms with E-state index < -0.39 is 5.60 Å². The molecule has 5 heteroatoms. The second-order valence-corrected chi connectivity index (χ2v) is 6.73. The maximum absolute atomic E-state index is 13.8. The van der Waals surface area contributed by atoms with Gasteiger partial charge in [-0.1, -0.05) is 18.2 Å². The zero-order valence-corrected chi connectivity index (χ0v) is 14.2. The minimum Gasteiger partial charge on any atom is -0.389 e. The van der Waals surface area contributed by atoms with Gasteiger partial charge in [-0.3, -0.25) is 9.78 Å². The molecule has 25 heavy (non-hydrogen) atoms. The molecular formula is C20H23FN2O2. The van der Waals surface area contributed by atoms with Crippen LogP contribution in [0.2, 0.25) is 0 Å². The lowest BCUT2D eigenvalue weighted by atomic mass is 9.85. The van der Waals surface area contributed by atoms with Gasteiger partial charge in [0.05, 0.1) is 5.60 Å². The van der Waals surface area contributed by atoms with Gasteiger partial charge in [-0.25, -0.2) is 4.39 Å². The van der Waals surface area contributed by atoms with Crippen molar-refractivity contribution in [2.75, 3.05) is 13.1 Å². The molecule has 0 unspecified atom stereocenters. The van der Waals surface area contributed by atoms with Crippen LogP contribution in [-0.4, -0.2) is 39.6 Å². The van der Waals surface area contributed by atoms with E-state index in [1.165, 1.54) is 6.07 Å². The normalized spacial score (nSPS) is 16.6. The van der Waals surface area contributed by atoms with E-state index in [1.807, 2.05) is 12.1 Å². The Balaban J connectivity index is 1.50. The van der Waals surface area contributed by atoms with Crippen LogP contribution in [0.3, 0.4) is 0 Å². The molecule has 1 fully saturated rings. The van der Waals surface area contributed by atoms with Crippen LogP contribution in [0.15, 0.2) is 48.8 Å². The van der Waals surface area contributed by atoms with Crippen molar-refractivity contribution in [3.63, 3.8) is 0 Å². The number of halogens is 1. The standard InChI is InChI=1S/C20H23FN2O2/c21-18-4-2-1-3-17(18)15-20(25)9-13-23(14-10-20)19(24)6-5-16-7-11-22-12-8-16/h1-4,7-8,11-12,25H,5-6,9-10,13-15H2. The second-order valence-electron chi connectivity index (χ2n) is 6.73. The van der Waals surface area contributed by atoms with E-state index in [0.29, 0.717) is 50.8 Å². The van der Waals surface area contributed by atoms with Crippen molar-refractivity contribution in [2.45, 2.75) is 37.7 Å². The minimum atomic E-state index is -0.940. The average molecular weight is 342 g/mol. The quantitative estimate of drug-likeness (QED) is 0.909. The first kappa shape index (κ1) is 17.5. The van der Waals surface area contributed by atoms with Crippen LogP contribution in [0.1, 0.15) is 30.4 Å². The summed E-state index contributed by atoms with van der Waals surface area (Å²) in [6, 6.07) is 10.4. The van der Waals surface area contributed by atoms with E-state index >= 15 is 0 Å². The number of carbonyl (C=O) groups excluding carboxylic acids is 1. The van der Waals surface area contributed by atoms with E-state index in [4.69, 9.17) is 0 Å². The summed E-state index contributed by atoms with van der Waals surface area (Å²) in [4.78, 5) is 18.1. The predicted molar refractivity (Wildman–Crippen MR) is 93.4 cm³/mol. The van der Waals surface area contributed by atoms with E-state index in [0.717, 1.165) is 5.56 Å². The summed E-state index contributed by atoms with van der Waals surface area (Å²) in [5.74, 6) is -0.184. The molecule has 4 nitrogen and oxygen atoms in total. The van der Waals surface area contributed by atoms with Gasteiger partial charge in [-0.05, 0) is 48.6 Å². The molecule has 1 aliphatic rings. The zero-order chi connectivity index (χ0) is 17.7. The van der Waals surface area contributed by atoms with Crippen LogP contribution in [-0.2, 0) is 17.6 Å². The SMILES string of the molecule is O=C(CCc1ccncc1)N1CCC(O)(Cc2ccccc2F)CC1. The van der Waals surface area contributed by atoms with Gasteiger partial charge in [0.2, 0.25) is 5.91 Å². The number of benzene rings is 1. The molecule has 1 N–H and O–H groups in total. The summed E-state index contributed by atoms with van der Waals surface area (Å²) in [7, 11) is 0. The average Bonchev–Trinajstić information content (AvgIpc) is 2.63. The number of carbonyl (C=O) groups is 1. The van der Waals surface area contributed by atoms with E-state index in [9.17, 15) is 14.3 Å². The Hall–Kier alpha value is -2.27. The fraction of sp³-hybridized carbons (Fsp3) is 0.400. The summed E-state index contributed by atoms with van der Waals surface area (Å²) in [6.45, 7) is 1.03. The summed E-state index contributed by atoms with van der Waals surface area (Å²) >= 11 is 0. The van der Waals surface area contributed by atoms with E-state index in [1.54, 1.807) is 35.5 Å². The molecule has 1 aliphatic heterocycles. The number of aliphatic hydroxyl groups is 1. The Labute approximate surface area is 147 Å². The Kier molecular flexibility index (Phi) is 5.43. The molecule has 1 aromatic carbocycles. The lowest BCUT2D eigenvalue weighted by molar-refractivity contribution is -0.135. The van der Waals surface area contributed by atoms with E-state index in [2.05, 4.69) is 4.98 Å². The first-order chi connectivity index (χ1) is 12.1. The monoisotopic (exact) mass is 342 g/mol. The van der Waals surface area contributed by atoms with Crippen molar-refractivity contribution in [3.8, 4) is 0 Å². The maximum Gasteiger partial charge on any atom is 0.222 e. The van der Waals surface area contributed by atoms with Gasteiger partial charge >= 0.3 is 0 Å². The number of pyridine rings is 1. The summed E-state index contributed by atoms with van der Waals surface area (Å²) in [5.41, 5.74) is 0.684. The molecule has 0 saturated carbocycles. The maximum atomic E-state index is 13.8. The van der Waals surface area contributed by atoms with Gasteiger partial charge in [0, 0.05) is 38.3 Å². The van der Waals surface area contributed by atoms with Crippen molar-refractivity contribution >= 4 is 5.91 Å². The topological polar surface area (TPSA) is 53.4 Å². The molecule has 0 aliphatic carbocycles. The van der Waals surface area contributed by atoms with Crippen molar-refractivity contribution in [1.29, 1.82) is 0 Å². The Morgan fingerprint density at radius 3 is 2.52 bits per heavy atom. The number of likely N-dealkylation sites (tertiary alicyclic amines) is 1. The lowest BCUT2D eigenvalue weighted by Crippen LogP contribution is -2.47.